The fraction of sp³-hybridized carbons (Fsp3) is 0.267. The van der Waals surface area contributed by atoms with Gasteiger partial charge in [0, 0.05) is 6.54 Å². The number of aromatic nitrogens is 2. The zero-order valence-corrected chi connectivity index (χ0v) is 11.6. The molecule has 2 N–H and O–H groups in total. The molecule has 2 rings (SSSR count). The van der Waals surface area contributed by atoms with Crippen molar-refractivity contribution >= 4 is 11.8 Å². The van der Waals surface area contributed by atoms with Gasteiger partial charge in [0.25, 0.3) is 0 Å². The standard InChI is InChI=1S/C15H17N3O2/c1-10-4-3-5-11(2)12(10)6-7-16-14-9-17-13(8-18-14)15(19)20/h3-5,8-9H,6-7H2,1-2H3,(H,16,18)(H,19,20). The maximum atomic E-state index is 10.7. The quantitative estimate of drug-likeness (QED) is 0.873. The van der Waals surface area contributed by atoms with Gasteiger partial charge in [-0.1, -0.05) is 18.2 Å². The second-order valence-corrected chi connectivity index (χ2v) is 4.64. The Kier molecular flexibility index (Phi) is 4.30. The number of benzene rings is 1. The van der Waals surface area contributed by atoms with Crippen molar-refractivity contribution in [1.82, 2.24) is 9.97 Å². The highest BCUT2D eigenvalue weighted by atomic mass is 16.4. The van der Waals surface area contributed by atoms with E-state index in [0.717, 1.165) is 13.0 Å². The molecular weight excluding hydrogens is 254 g/mol. The topological polar surface area (TPSA) is 75.1 Å². The van der Waals surface area contributed by atoms with Crippen LogP contribution in [0.5, 0.6) is 0 Å². The van der Waals surface area contributed by atoms with E-state index in [1.54, 1.807) is 0 Å². The molecule has 0 saturated carbocycles. The molecule has 0 radical (unpaired) electrons. The highest BCUT2D eigenvalue weighted by Crippen LogP contribution is 2.14. The van der Waals surface area contributed by atoms with E-state index in [1.807, 2.05) is 0 Å². The Morgan fingerprint density at radius 2 is 1.90 bits per heavy atom. The lowest BCUT2D eigenvalue weighted by Crippen LogP contribution is -2.09. The Balaban J connectivity index is 1.94. The SMILES string of the molecule is Cc1cccc(C)c1CCNc1cnc(C(=O)O)cn1. The molecule has 0 atom stereocenters. The number of aryl methyl sites for hydroxylation is 2. The van der Waals surface area contributed by atoms with Crippen molar-refractivity contribution in [3.05, 3.63) is 53.0 Å². The summed E-state index contributed by atoms with van der Waals surface area (Å²) in [6, 6.07) is 6.26. The van der Waals surface area contributed by atoms with Crippen LogP contribution in [-0.2, 0) is 6.42 Å². The molecule has 1 aromatic heterocycles. The van der Waals surface area contributed by atoms with Gasteiger partial charge >= 0.3 is 5.97 Å². The van der Waals surface area contributed by atoms with Gasteiger partial charge in [-0.05, 0) is 37.0 Å². The number of hydrogen-bond acceptors (Lipinski definition) is 4. The van der Waals surface area contributed by atoms with Crippen LogP contribution in [0.2, 0.25) is 0 Å². The van der Waals surface area contributed by atoms with Gasteiger partial charge in [-0.2, -0.15) is 0 Å². The van der Waals surface area contributed by atoms with Crippen molar-refractivity contribution in [3.8, 4) is 0 Å². The number of nitrogens with one attached hydrogen (secondary N) is 1. The van der Waals surface area contributed by atoms with Crippen LogP contribution in [-0.4, -0.2) is 27.6 Å². The van der Waals surface area contributed by atoms with Gasteiger partial charge < -0.3 is 10.4 Å². The van der Waals surface area contributed by atoms with Gasteiger partial charge in [0.05, 0.1) is 12.4 Å². The number of carbonyl (C=O) groups is 1. The first-order chi connectivity index (χ1) is 9.58. The zero-order valence-electron chi connectivity index (χ0n) is 11.6. The lowest BCUT2D eigenvalue weighted by atomic mass is 10.0. The van der Waals surface area contributed by atoms with E-state index in [9.17, 15) is 4.79 Å². The van der Waals surface area contributed by atoms with Crippen molar-refractivity contribution in [2.75, 3.05) is 11.9 Å². The molecule has 0 aliphatic carbocycles. The maximum Gasteiger partial charge on any atom is 0.356 e. The molecule has 5 heteroatoms. The Morgan fingerprint density at radius 3 is 2.45 bits per heavy atom. The molecular formula is C15H17N3O2. The number of aromatic carboxylic acids is 1. The lowest BCUT2D eigenvalue weighted by molar-refractivity contribution is 0.0690. The average molecular weight is 271 g/mol. The summed E-state index contributed by atoms with van der Waals surface area (Å²) in [4.78, 5) is 18.5. The van der Waals surface area contributed by atoms with Crippen LogP contribution in [0.3, 0.4) is 0 Å². The molecule has 0 bridgehead atoms. The summed E-state index contributed by atoms with van der Waals surface area (Å²) in [5.41, 5.74) is 3.83. The minimum atomic E-state index is -1.07. The van der Waals surface area contributed by atoms with E-state index in [0.29, 0.717) is 5.82 Å². The fourth-order valence-electron chi connectivity index (χ4n) is 2.09. The third kappa shape index (κ3) is 3.32. The summed E-state index contributed by atoms with van der Waals surface area (Å²) < 4.78 is 0. The largest absolute Gasteiger partial charge is 0.476 e. The number of rotatable bonds is 5. The second-order valence-electron chi connectivity index (χ2n) is 4.64. The van der Waals surface area contributed by atoms with Crippen molar-refractivity contribution in [1.29, 1.82) is 0 Å². The second kappa shape index (κ2) is 6.14. The van der Waals surface area contributed by atoms with Crippen LogP contribution >= 0.6 is 0 Å². The number of carboxylic acids is 1. The van der Waals surface area contributed by atoms with Crippen molar-refractivity contribution in [2.45, 2.75) is 20.3 Å². The molecule has 0 fully saturated rings. The molecule has 0 amide bonds. The van der Waals surface area contributed by atoms with Gasteiger partial charge in [-0.3, -0.25) is 0 Å². The van der Waals surface area contributed by atoms with Gasteiger partial charge in [-0.15, -0.1) is 0 Å². The molecule has 0 saturated heterocycles. The first-order valence-corrected chi connectivity index (χ1v) is 6.42. The molecule has 1 aromatic carbocycles. The molecule has 0 aliphatic rings. The molecule has 0 aliphatic heterocycles. The molecule has 20 heavy (non-hydrogen) atoms. The Morgan fingerprint density at radius 1 is 1.20 bits per heavy atom. The van der Waals surface area contributed by atoms with Gasteiger partial charge in [-0.25, -0.2) is 14.8 Å². The Labute approximate surface area is 117 Å². The highest BCUT2D eigenvalue weighted by molar-refractivity contribution is 5.84. The van der Waals surface area contributed by atoms with Crippen LogP contribution in [0, 0.1) is 13.8 Å². The Bertz CT molecular complexity index is 589. The van der Waals surface area contributed by atoms with E-state index < -0.39 is 5.97 Å². The summed E-state index contributed by atoms with van der Waals surface area (Å²) >= 11 is 0. The number of nitrogens with zero attached hydrogens (tertiary/aromatic N) is 2. The van der Waals surface area contributed by atoms with Crippen LogP contribution in [0.4, 0.5) is 5.82 Å². The minimum absolute atomic E-state index is 0.0506. The predicted molar refractivity (Wildman–Crippen MR) is 77.1 cm³/mol. The lowest BCUT2D eigenvalue weighted by Gasteiger charge is -2.10. The molecule has 2 aromatic rings. The summed E-state index contributed by atoms with van der Waals surface area (Å²) in [6.45, 7) is 4.93. The highest BCUT2D eigenvalue weighted by Gasteiger charge is 2.05. The van der Waals surface area contributed by atoms with E-state index >= 15 is 0 Å². The monoisotopic (exact) mass is 271 g/mol. The van der Waals surface area contributed by atoms with E-state index in [2.05, 4.69) is 47.3 Å². The van der Waals surface area contributed by atoms with Crippen LogP contribution in [0.15, 0.2) is 30.6 Å². The maximum absolute atomic E-state index is 10.7. The number of anilines is 1. The number of carboxylic acid groups (broad SMARTS) is 1. The van der Waals surface area contributed by atoms with Crippen LogP contribution in [0.25, 0.3) is 0 Å². The fourth-order valence-corrected chi connectivity index (χ4v) is 2.09. The smallest absolute Gasteiger partial charge is 0.356 e. The normalized spacial score (nSPS) is 10.3. The molecule has 0 spiro atoms. The molecule has 5 nitrogen and oxygen atoms in total. The van der Waals surface area contributed by atoms with Crippen LogP contribution in [0.1, 0.15) is 27.2 Å². The third-order valence-electron chi connectivity index (χ3n) is 3.20. The van der Waals surface area contributed by atoms with E-state index in [-0.39, 0.29) is 5.69 Å². The average Bonchev–Trinajstić information content (AvgIpc) is 2.42. The first kappa shape index (κ1) is 14.0. The summed E-state index contributed by atoms with van der Waals surface area (Å²) in [5, 5.41) is 11.9. The van der Waals surface area contributed by atoms with Gasteiger partial charge in [0.15, 0.2) is 5.69 Å². The van der Waals surface area contributed by atoms with Gasteiger partial charge in [0.2, 0.25) is 0 Å². The molecule has 1 heterocycles. The predicted octanol–water partition coefficient (Wildman–Crippen LogP) is 2.45. The van der Waals surface area contributed by atoms with Gasteiger partial charge in [0.1, 0.15) is 5.82 Å². The van der Waals surface area contributed by atoms with Crippen molar-refractivity contribution < 1.29 is 9.90 Å². The van der Waals surface area contributed by atoms with Crippen molar-refractivity contribution in [3.63, 3.8) is 0 Å². The van der Waals surface area contributed by atoms with E-state index in [4.69, 9.17) is 5.11 Å². The summed E-state index contributed by atoms with van der Waals surface area (Å²) in [7, 11) is 0. The first-order valence-electron chi connectivity index (χ1n) is 6.42. The Hall–Kier alpha value is -2.43. The molecule has 104 valence electrons. The van der Waals surface area contributed by atoms with Crippen molar-refractivity contribution in [2.24, 2.45) is 0 Å². The summed E-state index contributed by atoms with van der Waals surface area (Å²) in [6.07, 6.45) is 3.58. The van der Waals surface area contributed by atoms with Crippen LogP contribution < -0.4 is 5.32 Å². The number of hydrogen-bond donors (Lipinski definition) is 2. The molecule has 0 unspecified atom stereocenters. The van der Waals surface area contributed by atoms with E-state index in [1.165, 1.54) is 29.1 Å². The minimum Gasteiger partial charge on any atom is -0.476 e. The third-order valence-corrected chi connectivity index (χ3v) is 3.20. The summed E-state index contributed by atoms with van der Waals surface area (Å²) in [5.74, 6) is -0.485. The zero-order chi connectivity index (χ0) is 14.5.